The SMILES string of the molecule is CCNC(=O)CNC(=O)COC(=O)c1csc(-c2ccc(OC)cc2)n1. The summed E-state index contributed by atoms with van der Waals surface area (Å²) in [5, 5.41) is 7.11. The van der Waals surface area contributed by atoms with Crippen molar-refractivity contribution >= 4 is 29.1 Å². The highest BCUT2D eigenvalue weighted by Crippen LogP contribution is 2.25. The van der Waals surface area contributed by atoms with Gasteiger partial charge in [0.1, 0.15) is 10.8 Å². The topological polar surface area (TPSA) is 107 Å². The van der Waals surface area contributed by atoms with Crippen molar-refractivity contribution in [2.24, 2.45) is 0 Å². The smallest absolute Gasteiger partial charge is 0.358 e. The first-order valence-corrected chi connectivity index (χ1v) is 8.72. The van der Waals surface area contributed by atoms with Gasteiger partial charge in [0.25, 0.3) is 5.91 Å². The number of esters is 1. The Labute approximate surface area is 154 Å². The van der Waals surface area contributed by atoms with Gasteiger partial charge in [-0.25, -0.2) is 9.78 Å². The van der Waals surface area contributed by atoms with Crippen LogP contribution in [0.3, 0.4) is 0 Å². The lowest BCUT2D eigenvalue weighted by Crippen LogP contribution is -2.38. The predicted molar refractivity (Wildman–Crippen MR) is 96.1 cm³/mol. The van der Waals surface area contributed by atoms with Crippen molar-refractivity contribution in [1.82, 2.24) is 15.6 Å². The molecule has 2 N–H and O–H groups in total. The molecule has 1 heterocycles. The maximum absolute atomic E-state index is 12.0. The molecule has 2 amide bonds. The zero-order valence-corrected chi connectivity index (χ0v) is 15.2. The van der Waals surface area contributed by atoms with Crippen molar-refractivity contribution < 1.29 is 23.9 Å². The Bertz CT molecular complexity index is 773. The van der Waals surface area contributed by atoms with Crippen molar-refractivity contribution in [2.75, 3.05) is 26.8 Å². The average molecular weight is 377 g/mol. The third kappa shape index (κ3) is 5.55. The van der Waals surface area contributed by atoms with Gasteiger partial charge in [-0.3, -0.25) is 9.59 Å². The van der Waals surface area contributed by atoms with Crippen LogP contribution < -0.4 is 15.4 Å². The number of methoxy groups -OCH3 is 1. The minimum Gasteiger partial charge on any atom is -0.497 e. The number of thiazole rings is 1. The van der Waals surface area contributed by atoms with E-state index in [1.165, 1.54) is 11.3 Å². The standard InChI is InChI=1S/C17H19N3O5S/c1-3-18-14(21)8-19-15(22)9-25-17(23)13-10-26-16(20-13)11-4-6-12(24-2)7-5-11/h4-7,10H,3,8-9H2,1-2H3,(H,18,21)(H,19,22). The number of nitrogens with zero attached hydrogens (tertiary/aromatic N) is 1. The fraction of sp³-hybridized carbons (Fsp3) is 0.294. The maximum Gasteiger partial charge on any atom is 0.358 e. The van der Waals surface area contributed by atoms with Crippen LogP contribution in [0.1, 0.15) is 17.4 Å². The Kier molecular flexibility index (Phi) is 7.10. The molecule has 0 aliphatic rings. The third-order valence-corrected chi connectivity index (χ3v) is 4.10. The Morgan fingerprint density at radius 2 is 1.85 bits per heavy atom. The summed E-state index contributed by atoms with van der Waals surface area (Å²) >= 11 is 1.29. The van der Waals surface area contributed by atoms with Crippen molar-refractivity contribution in [1.29, 1.82) is 0 Å². The highest BCUT2D eigenvalue weighted by atomic mass is 32.1. The second kappa shape index (κ2) is 9.52. The van der Waals surface area contributed by atoms with Crippen molar-refractivity contribution in [2.45, 2.75) is 6.92 Å². The molecule has 0 saturated carbocycles. The van der Waals surface area contributed by atoms with E-state index in [0.717, 1.165) is 11.3 Å². The summed E-state index contributed by atoms with van der Waals surface area (Å²) in [6, 6.07) is 7.27. The van der Waals surface area contributed by atoms with E-state index >= 15 is 0 Å². The van der Waals surface area contributed by atoms with Gasteiger partial charge >= 0.3 is 5.97 Å². The van der Waals surface area contributed by atoms with E-state index in [2.05, 4.69) is 15.6 Å². The second-order valence-electron chi connectivity index (χ2n) is 5.07. The zero-order chi connectivity index (χ0) is 18.9. The minimum atomic E-state index is -0.700. The van der Waals surface area contributed by atoms with Crippen molar-refractivity contribution in [3.63, 3.8) is 0 Å². The molecule has 2 rings (SSSR count). The molecule has 138 valence electrons. The Hall–Kier alpha value is -2.94. The fourth-order valence-electron chi connectivity index (χ4n) is 1.93. The van der Waals surface area contributed by atoms with Gasteiger partial charge in [0.15, 0.2) is 12.3 Å². The highest BCUT2D eigenvalue weighted by molar-refractivity contribution is 7.13. The average Bonchev–Trinajstić information content (AvgIpc) is 3.15. The van der Waals surface area contributed by atoms with Crippen LogP contribution in [0.25, 0.3) is 10.6 Å². The van der Waals surface area contributed by atoms with Crippen LogP contribution in [0.5, 0.6) is 5.75 Å². The van der Waals surface area contributed by atoms with E-state index in [0.29, 0.717) is 11.6 Å². The number of ether oxygens (including phenoxy) is 2. The molecule has 1 aromatic carbocycles. The molecule has 0 atom stereocenters. The molecular weight excluding hydrogens is 358 g/mol. The summed E-state index contributed by atoms with van der Waals surface area (Å²) in [5.74, 6) is -0.844. The molecule has 0 unspecified atom stereocenters. The lowest BCUT2D eigenvalue weighted by Gasteiger charge is -2.05. The van der Waals surface area contributed by atoms with Crippen molar-refractivity contribution in [3.8, 4) is 16.3 Å². The number of likely N-dealkylation sites (N-methyl/N-ethyl adjacent to an activating group) is 1. The molecule has 9 heteroatoms. The molecule has 2 aromatic rings. The number of hydrogen-bond donors (Lipinski definition) is 2. The molecular formula is C17H19N3O5S. The second-order valence-corrected chi connectivity index (χ2v) is 5.93. The van der Waals surface area contributed by atoms with Gasteiger partial charge in [-0.15, -0.1) is 11.3 Å². The van der Waals surface area contributed by atoms with Crippen LogP contribution in [-0.4, -0.2) is 49.6 Å². The molecule has 0 aliphatic carbocycles. The summed E-state index contributed by atoms with van der Waals surface area (Å²) in [4.78, 5) is 39.0. The molecule has 1 aromatic heterocycles. The summed E-state index contributed by atoms with van der Waals surface area (Å²) < 4.78 is 10.0. The molecule has 0 radical (unpaired) electrons. The van der Waals surface area contributed by atoms with Crippen LogP contribution in [0, 0.1) is 0 Å². The van der Waals surface area contributed by atoms with E-state index in [-0.39, 0.29) is 18.1 Å². The summed E-state index contributed by atoms with van der Waals surface area (Å²) in [5.41, 5.74) is 0.965. The summed E-state index contributed by atoms with van der Waals surface area (Å²) in [6.07, 6.45) is 0. The van der Waals surface area contributed by atoms with Crippen LogP contribution in [0.15, 0.2) is 29.6 Å². The maximum atomic E-state index is 12.0. The molecule has 0 fully saturated rings. The van der Waals surface area contributed by atoms with Crippen molar-refractivity contribution in [3.05, 3.63) is 35.3 Å². The van der Waals surface area contributed by atoms with Gasteiger partial charge in [0.2, 0.25) is 5.91 Å². The quantitative estimate of drug-likeness (QED) is 0.670. The molecule has 0 bridgehead atoms. The largest absolute Gasteiger partial charge is 0.497 e. The van der Waals surface area contributed by atoms with E-state index < -0.39 is 18.5 Å². The number of nitrogens with one attached hydrogen (secondary N) is 2. The lowest BCUT2D eigenvalue weighted by atomic mass is 10.2. The Balaban J connectivity index is 1.85. The monoisotopic (exact) mass is 377 g/mol. The molecule has 26 heavy (non-hydrogen) atoms. The summed E-state index contributed by atoms with van der Waals surface area (Å²) in [7, 11) is 1.58. The number of rotatable bonds is 8. The molecule has 0 aliphatic heterocycles. The van der Waals surface area contributed by atoms with Crippen LogP contribution in [0.4, 0.5) is 0 Å². The van der Waals surface area contributed by atoms with E-state index in [4.69, 9.17) is 9.47 Å². The first-order chi connectivity index (χ1) is 12.5. The van der Waals surface area contributed by atoms with Crippen LogP contribution >= 0.6 is 11.3 Å². The van der Waals surface area contributed by atoms with E-state index in [9.17, 15) is 14.4 Å². The zero-order valence-electron chi connectivity index (χ0n) is 14.4. The number of carbonyl (C=O) groups is 3. The van der Waals surface area contributed by atoms with Crippen LogP contribution in [-0.2, 0) is 14.3 Å². The van der Waals surface area contributed by atoms with Gasteiger partial charge in [0.05, 0.1) is 13.7 Å². The number of hydrogen-bond acceptors (Lipinski definition) is 7. The number of amides is 2. The van der Waals surface area contributed by atoms with E-state index in [1.54, 1.807) is 31.5 Å². The van der Waals surface area contributed by atoms with Gasteiger partial charge < -0.3 is 20.1 Å². The van der Waals surface area contributed by atoms with Gasteiger partial charge in [-0.05, 0) is 31.2 Å². The predicted octanol–water partition coefficient (Wildman–Crippen LogP) is 1.23. The van der Waals surface area contributed by atoms with Crippen LogP contribution in [0.2, 0.25) is 0 Å². The van der Waals surface area contributed by atoms with Gasteiger partial charge in [-0.2, -0.15) is 0 Å². The Morgan fingerprint density at radius 3 is 2.50 bits per heavy atom. The number of benzene rings is 1. The van der Waals surface area contributed by atoms with Gasteiger partial charge in [-0.1, -0.05) is 0 Å². The fourth-order valence-corrected chi connectivity index (χ4v) is 2.72. The minimum absolute atomic E-state index is 0.123. The Morgan fingerprint density at radius 1 is 1.12 bits per heavy atom. The first kappa shape index (κ1) is 19.4. The molecule has 0 saturated heterocycles. The molecule has 8 nitrogen and oxygen atoms in total. The van der Waals surface area contributed by atoms with Gasteiger partial charge in [0, 0.05) is 17.5 Å². The summed E-state index contributed by atoms with van der Waals surface area (Å²) in [6.45, 7) is 1.61. The first-order valence-electron chi connectivity index (χ1n) is 7.84. The third-order valence-electron chi connectivity index (χ3n) is 3.20. The lowest BCUT2D eigenvalue weighted by molar-refractivity contribution is -0.127. The normalized spacial score (nSPS) is 10.1. The highest BCUT2D eigenvalue weighted by Gasteiger charge is 2.15. The number of carbonyl (C=O) groups excluding carboxylic acids is 3. The molecule has 0 spiro atoms. The van der Waals surface area contributed by atoms with E-state index in [1.807, 2.05) is 12.1 Å². The number of aromatic nitrogens is 1.